The van der Waals surface area contributed by atoms with Crippen LogP contribution in [-0.4, -0.2) is 51.7 Å². The van der Waals surface area contributed by atoms with Gasteiger partial charge in [-0.1, -0.05) is 23.7 Å². The van der Waals surface area contributed by atoms with E-state index < -0.39 is 51.1 Å². The van der Waals surface area contributed by atoms with Gasteiger partial charge >= 0.3 is 5.69 Å². The molecule has 7 heteroatoms. The highest BCUT2D eigenvalue weighted by molar-refractivity contribution is 6.30. The van der Waals surface area contributed by atoms with Gasteiger partial charge in [0.1, 0.15) is 0 Å². The normalized spacial score (nSPS) is 26.9. The quantitative estimate of drug-likeness (QED) is 0.680. The summed E-state index contributed by atoms with van der Waals surface area (Å²) in [6.45, 7) is -13.8. The average Bonchev–Trinajstić information content (AvgIpc) is 3.09. The summed E-state index contributed by atoms with van der Waals surface area (Å²) in [5, 5.41) is 4.13. The molecule has 0 aliphatic carbocycles. The van der Waals surface area contributed by atoms with Crippen LogP contribution in [0.25, 0.3) is 5.65 Å². The molecule has 0 spiro atoms. The Morgan fingerprint density at radius 3 is 2.77 bits per heavy atom. The molecule has 1 aliphatic rings. The second-order valence-electron chi connectivity index (χ2n) is 5.46. The van der Waals surface area contributed by atoms with E-state index in [9.17, 15) is 4.79 Å². The highest BCUT2D eigenvalue weighted by atomic mass is 35.5. The molecule has 0 amide bonds. The van der Waals surface area contributed by atoms with Crippen molar-refractivity contribution in [2.24, 2.45) is 0 Å². The molecule has 1 fully saturated rings. The SMILES string of the molecule is [2H]C1([2H])CN(c2cccc(Cl)c2)CC([2H])([2H])N1C([2H])([2H])C([2H])([2H])C([2H])([2H])n1nc2ccccn2c1=O. The smallest absolute Gasteiger partial charge is 0.350 e. The van der Waals surface area contributed by atoms with Gasteiger partial charge in [0.05, 0.1) is 2.74 Å². The third kappa shape index (κ3) is 3.61. The van der Waals surface area contributed by atoms with Crippen LogP contribution >= 0.6 is 11.6 Å². The maximum absolute atomic E-state index is 12.8. The molecule has 26 heavy (non-hydrogen) atoms. The van der Waals surface area contributed by atoms with Crippen molar-refractivity contribution in [3.8, 4) is 0 Å². The molecular weight excluding hydrogens is 350 g/mol. The lowest BCUT2D eigenvalue weighted by Crippen LogP contribution is -2.46. The van der Waals surface area contributed by atoms with Crippen LogP contribution in [0.1, 0.15) is 20.1 Å². The molecule has 0 atom stereocenters. The molecule has 1 saturated heterocycles. The topological polar surface area (TPSA) is 45.8 Å². The van der Waals surface area contributed by atoms with Gasteiger partial charge in [-0.15, -0.1) is 5.10 Å². The van der Waals surface area contributed by atoms with Crippen molar-refractivity contribution in [3.05, 3.63) is 64.2 Å². The maximum atomic E-state index is 12.8. The van der Waals surface area contributed by atoms with E-state index in [4.69, 9.17) is 25.3 Å². The molecule has 0 N–H and O–H groups in total. The van der Waals surface area contributed by atoms with E-state index in [1.165, 1.54) is 35.4 Å². The van der Waals surface area contributed by atoms with Crippen LogP contribution in [0.4, 0.5) is 5.69 Å². The Balaban J connectivity index is 1.77. The van der Waals surface area contributed by atoms with Gasteiger partial charge in [0.15, 0.2) is 5.65 Å². The first-order valence-electron chi connectivity index (χ1n) is 12.8. The number of pyridine rings is 1. The van der Waals surface area contributed by atoms with Gasteiger partial charge in [0.25, 0.3) is 0 Å². The predicted molar refractivity (Wildman–Crippen MR) is 104 cm³/mol. The monoisotopic (exact) mass is 381 g/mol. The number of aryl methyl sites for hydroxylation is 1. The minimum atomic E-state index is -3.67. The summed E-state index contributed by atoms with van der Waals surface area (Å²) in [4.78, 5) is 14.1. The zero-order chi connectivity index (χ0) is 26.9. The first-order chi connectivity index (χ1) is 16.4. The first kappa shape index (κ1) is 9.06. The highest BCUT2D eigenvalue weighted by Gasteiger charge is 2.17. The van der Waals surface area contributed by atoms with Gasteiger partial charge in [-0.05, 0) is 36.7 Å². The first-order valence-corrected chi connectivity index (χ1v) is 8.19. The number of benzene rings is 1. The maximum Gasteiger partial charge on any atom is 0.350 e. The van der Waals surface area contributed by atoms with Crippen LogP contribution in [0.15, 0.2) is 53.5 Å². The molecule has 0 radical (unpaired) electrons. The van der Waals surface area contributed by atoms with Crippen LogP contribution in [0.3, 0.4) is 0 Å². The molecule has 0 bridgehead atoms. The predicted octanol–water partition coefficient (Wildman–Crippen LogP) is 2.36. The van der Waals surface area contributed by atoms with Gasteiger partial charge in [-0.3, -0.25) is 9.30 Å². The Labute approximate surface area is 171 Å². The van der Waals surface area contributed by atoms with E-state index >= 15 is 0 Å². The summed E-state index contributed by atoms with van der Waals surface area (Å²) in [5.41, 5.74) is -0.708. The molecule has 1 aromatic carbocycles. The second-order valence-corrected chi connectivity index (χ2v) is 5.90. The number of halogens is 1. The van der Waals surface area contributed by atoms with Crippen molar-refractivity contribution in [1.82, 2.24) is 19.1 Å². The molecule has 0 saturated carbocycles. The summed E-state index contributed by atoms with van der Waals surface area (Å²) in [6, 6.07) is 10.6. The molecule has 1 aliphatic heterocycles. The Morgan fingerprint density at radius 2 is 2.00 bits per heavy atom. The summed E-state index contributed by atoms with van der Waals surface area (Å²) >= 11 is 6.01. The molecule has 2 aromatic heterocycles. The number of fused-ring (bicyclic) bond motifs is 1. The minimum Gasteiger partial charge on any atom is -0.369 e. The Kier molecular flexibility index (Phi) is 2.62. The number of hydrogen-bond acceptors (Lipinski definition) is 4. The van der Waals surface area contributed by atoms with Crippen molar-refractivity contribution >= 4 is 22.9 Å². The molecule has 136 valence electrons. The fraction of sp³-hybridized carbons (Fsp3) is 0.368. The molecule has 0 unspecified atom stereocenters. The molecule has 3 heterocycles. The molecule has 4 rings (SSSR count). The fourth-order valence-electron chi connectivity index (χ4n) is 2.49. The standard InChI is InChI=1S/C19H22ClN5O/c20-16-5-3-6-17(15-16)23-13-11-22(12-14-23)8-4-10-25-19(26)24-9-2-1-7-18(24)21-25/h1-3,5-7,9,15H,4,8,10-14H2/i4D2,8D2,10D2,11D2,12D2. The van der Waals surface area contributed by atoms with Gasteiger partial charge in [-0.2, -0.15) is 0 Å². The van der Waals surface area contributed by atoms with Crippen molar-refractivity contribution in [2.75, 3.05) is 37.5 Å². The van der Waals surface area contributed by atoms with Crippen molar-refractivity contribution in [2.45, 2.75) is 12.9 Å². The number of rotatable bonds is 5. The Bertz CT molecular complexity index is 1340. The number of nitrogens with zero attached hydrogens (tertiary/aromatic N) is 5. The van der Waals surface area contributed by atoms with Crippen molar-refractivity contribution in [1.29, 1.82) is 0 Å². The van der Waals surface area contributed by atoms with E-state index in [0.717, 1.165) is 4.40 Å². The van der Waals surface area contributed by atoms with Crippen molar-refractivity contribution in [3.63, 3.8) is 0 Å². The fourth-order valence-corrected chi connectivity index (χ4v) is 2.67. The van der Waals surface area contributed by atoms with E-state index in [0.29, 0.717) is 10.7 Å². The van der Waals surface area contributed by atoms with Crippen LogP contribution in [0.2, 0.25) is 5.02 Å². The largest absolute Gasteiger partial charge is 0.369 e. The lowest BCUT2D eigenvalue weighted by Gasteiger charge is -2.36. The van der Waals surface area contributed by atoms with Crippen LogP contribution < -0.4 is 10.6 Å². The van der Waals surface area contributed by atoms with Crippen LogP contribution in [0, 0.1) is 0 Å². The van der Waals surface area contributed by atoms with E-state index in [2.05, 4.69) is 5.10 Å². The second kappa shape index (κ2) is 7.51. The summed E-state index contributed by atoms with van der Waals surface area (Å²) in [7, 11) is 0. The zero-order valence-corrected chi connectivity index (χ0v) is 14.3. The lowest BCUT2D eigenvalue weighted by molar-refractivity contribution is 0.248. The lowest BCUT2D eigenvalue weighted by atomic mass is 10.2. The number of anilines is 1. The molecular formula is C19H22ClN5O. The average molecular weight is 382 g/mol. The van der Waals surface area contributed by atoms with Crippen molar-refractivity contribution < 1.29 is 13.7 Å². The Hall–Kier alpha value is -2.31. The molecule has 3 aromatic rings. The Morgan fingerprint density at radius 1 is 1.15 bits per heavy atom. The summed E-state index contributed by atoms with van der Waals surface area (Å²) < 4.78 is 86.0. The van der Waals surface area contributed by atoms with Crippen LogP contribution in [0.5, 0.6) is 0 Å². The van der Waals surface area contributed by atoms with Gasteiger partial charge in [0, 0.05) is 66.9 Å². The van der Waals surface area contributed by atoms with Gasteiger partial charge in [0.2, 0.25) is 0 Å². The zero-order valence-electron chi connectivity index (χ0n) is 23.6. The van der Waals surface area contributed by atoms with E-state index in [1.54, 1.807) is 18.2 Å². The molecule has 6 nitrogen and oxygen atoms in total. The van der Waals surface area contributed by atoms with E-state index in [-0.39, 0.29) is 15.2 Å². The van der Waals surface area contributed by atoms with Crippen LogP contribution in [-0.2, 0) is 6.50 Å². The minimum absolute atomic E-state index is 0.0106. The third-order valence-electron chi connectivity index (χ3n) is 3.77. The van der Waals surface area contributed by atoms with E-state index in [1.807, 2.05) is 0 Å². The number of piperazine rings is 1. The summed E-state index contributed by atoms with van der Waals surface area (Å²) in [5.74, 6) is 0. The number of aromatic nitrogens is 3. The number of hydrogen-bond donors (Lipinski definition) is 0. The van der Waals surface area contributed by atoms with Gasteiger partial charge in [-0.25, -0.2) is 9.48 Å². The summed E-state index contributed by atoms with van der Waals surface area (Å²) in [6.07, 6.45) is -2.38. The highest BCUT2D eigenvalue weighted by Crippen LogP contribution is 2.20. The third-order valence-corrected chi connectivity index (χ3v) is 4.01. The van der Waals surface area contributed by atoms with Gasteiger partial charge < -0.3 is 4.90 Å².